The normalized spacial score (nSPS) is 13.1. The molecule has 2 aromatic heterocycles. The zero-order chi connectivity index (χ0) is 19.7. The van der Waals surface area contributed by atoms with Crippen molar-refractivity contribution in [1.29, 1.82) is 0 Å². The Morgan fingerprint density at radius 2 is 2.18 bits per heavy atom. The summed E-state index contributed by atoms with van der Waals surface area (Å²) in [6.45, 7) is 4.85. The van der Waals surface area contributed by atoms with Crippen LogP contribution in [0.3, 0.4) is 0 Å². The van der Waals surface area contributed by atoms with Crippen LogP contribution in [-0.4, -0.2) is 33.1 Å². The molecule has 4 nitrogen and oxygen atoms in total. The van der Waals surface area contributed by atoms with Gasteiger partial charge in [-0.25, -0.2) is 14.4 Å². The second-order valence-corrected chi connectivity index (χ2v) is 8.99. The molecule has 0 N–H and O–H groups in total. The highest BCUT2D eigenvalue weighted by atomic mass is 32.2. The standard InChI is InChI=1S/C21H22FN3OS2/c1-3-25(11-14-6-4-7-15(22)10-14)18(26)12-27-20-19-16-8-5-9-17(16)28-21(19)24-13(2)23-20/h4,6-7,10H,3,5,8-9,11-12H2,1-2H3. The van der Waals surface area contributed by atoms with Gasteiger partial charge in [0.2, 0.25) is 5.91 Å². The maximum absolute atomic E-state index is 13.4. The maximum Gasteiger partial charge on any atom is 0.233 e. The van der Waals surface area contributed by atoms with E-state index in [1.807, 2.05) is 19.9 Å². The molecule has 0 atom stereocenters. The molecule has 0 unspecified atom stereocenters. The van der Waals surface area contributed by atoms with Crippen LogP contribution in [0.1, 0.15) is 35.2 Å². The minimum atomic E-state index is -0.277. The van der Waals surface area contributed by atoms with Gasteiger partial charge in [0.1, 0.15) is 21.5 Å². The van der Waals surface area contributed by atoms with Crippen molar-refractivity contribution in [3.05, 3.63) is 51.9 Å². The van der Waals surface area contributed by atoms with Gasteiger partial charge >= 0.3 is 0 Å². The molecule has 4 rings (SSSR count). The summed E-state index contributed by atoms with van der Waals surface area (Å²) >= 11 is 3.26. The fourth-order valence-corrected chi connectivity index (χ4v) is 6.00. The lowest BCUT2D eigenvalue weighted by Crippen LogP contribution is -2.31. The summed E-state index contributed by atoms with van der Waals surface area (Å²) in [6, 6.07) is 6.42. The van der Waals surface area contributed by atoms with Gasteiger partial charge in [-0.05, 0) is 56.4 Å². The topological polar surface area (TPSA) is 46.1 Å². The molecule has 0 bridgehead atoms. The van der Waals surface area contributed by atoms with Gasteiger partial charge in [-0.15, -0.1) is 11.3 Å². The Labute approximate surface area is 172 Å². The first kappa shape index (κ1) is 19.3. The smallest absolute Gasteiger partial charge is 0.233 e. The van der Waals surface area contributed by atoms with E-state index in [1.165, 1.54) is 40.8 Å². The van der Waals surface area contributed by atoms with Gasteiger partial charge in [-0.2, -0.15) is 0 Å². The average Bonchev–Trinajstić information content (AvgIpc) is 3.24. The van der Waals surface area contributed by atoms with E-state index in [1.54, 1.807) is 22.3 Å². The number of carbonyl (C=O) groups excluding carboxylic acids is 1. The molecule has 2 heterocycles. The average molecular weight is 416 g/mol. The number of thioether (sulfide) groups is 1. The molecule has 0 aliphatic heterocycles. The molecule has 0 saturated carbocycles. The number of nitrogens with zero attached hydrogens (tertiary/aromatic N) is 3. The van der Waals surface area contributed by atoms with Crippen LogP contribution in [0.25, 0.3) is 10.2 Å². The van der Waals surface area contributed by atoms with Crippen molar-refractivity contribution in [2.45, 2.75) is 44.7 Å². The van der Waals surface area contributed by atoms with Gasteiger partial charge < -0.3 is 4.90 Å². The lowest BCUT2D eigenvalue weighted by Gasteiger charge is -2.21. The summed E-state index contributed by atoms with van der Waals surface area (Å²) in [5.41, 5.74) is 2.18. The molecular weight excluding hydrogens is 393 g/mol. The number of fused-ring (bicyclic) bond motifs is 3. The third-order valence-electron chi connectivity index (χ3n) is 4.97. The largest absolute Gasteiger partial charge is 0.338 e. The molecule has 1 aliphatic carbocycles. The van der Waals surface area contributed by atoms with Crippen LogP contribution in [0.5, 0.6) is 0 Å². The monoisotopic (exact) mass is 415 g/mol. The number of halogens is 1. The molecule has 28 heavy (non-hydrogen) atoms. The van der Waals surface area contributed by atoms with Gasteiger partial charge in [-0.3, -0.25) is 4.79 Å². The Hall–Kier alpha value is -1.99. The Balaban J connectivity index is 1.51. The van der Waals surface area contributed by atoms with Gasteiger partial charge in [0.25, 0.3) is 0 Å². The summed E-state index contributed by atoms with van der Waals surface area (Å²) in [4.78, 5) is 26.3. The van der Waals surface area contributed by atoms with E-state index in [0.29, 0.717) is 18.8 Å². The van der Waals surface area contributed by atoms with Gasteiger partial charge in [0.15, 0.2) is 0 Å². The first-order chi connectivity index (χ1) is 13.5. The minimum Gasteiger partial charge on any atom is -0.338 e. The molecule has 0 saturated heterocycles. The lowest BCUT2D eigenvalue weighted by atomic mass is 10.2. The summed E-state index contributed by atoms with van der Waals surface area (Å²) in [7, 11) is 0. The van der Waals surface area contributed by atoms with Crippen LogP contribution >= 0.6 is 23.1 Å². The second-order valence-electron chi connectivity index (χ2n) is 6.94. The quantitative estimate of drug-likeness (QED) is 0.430. The van der Waals surface area contributed by atoms with E-state index in [-0.39, 0.29) is 11.7 Å². The molecule has 0 radical (unpaired) electrons. The summed E-state index contributed by atoms with van der Waals surface area (Å²) in [5.74, 6) is 0.822. The van der Waals surface area contributed by atoms with E-state index >= 15 is 0 Å². The van der Waals surface area contributed by atoms with Crippen LogP contribution in [0, 0.1) is 12.7 Å². The number of hydrogen-bond acceptors (Lipinski definition) is 5. The first-order valence-electron chi connectivity index (χ1n) is 9.49. The van der Waals surface area contributed by atoms with E-state index < -0.39 is 0 Å². The van der Waals surface area contributed by atoms with E-state index in [2.05, 4.69) is 9.97 Å². The van der Waals surface area contributed by atoms with Gasteiger partial charge in [0.05, 0.1) is 5.75 Å². The number of amides is 1. The Kier molecular flexibility index (Phi) is 5.64. The number of aromatic nitrogens is 2. The third kappa shape index (κ3) is 3.91. The molecule has 146 valence electrons. The van der Waals surface area contributed by atoms with E-state index in [0.717, 1.165) is 39.5 Å². The Bertz CT molecular complexity index is 1030. The number of aryl methyl sites for hydroxylation is 3. The Morgan fingerprint density at radius 3 is 2.96 bits per heavy atom. The summed E-state index contributed by atoms with van der Waals surface area (Å²) in [6.07, 6.45) is 3.38. The third-order valence-corrected chi connectivity index (χ3v) is 7.12. The van der Waals surface area contributed by atoms with Crippen molar-refractivity contribution in [2.24, 2.45) is 0 Å². The number of thiophene rings is 1. The summed E-state index contributed by atoms with van der Waals surface area (Å²) in [5, 5.41) is 2.06. The second kappa shape index (κ2) is 8.17. The zero-order valence-corrected chi connectivity index (χ0v) is 17.6. The summed E-state index contributed by atoms with van der Waals surface area (Å²) < 4.78 is 13.4. The Morgan fingerprint density at radius 1 is 1.32 bits per heavy atom. The lowest BCUT2D eigenvalue weighted by molar-refractivity contribution is -0.128. The first-order valence-corrected chi connectivity index (χ1v) is 11.3. The molecule has 1 aliphatic rings. The predicted octanol–water partition coefficient (Wildman–Crippen LogP) is 4.77. The SMILES string of the molecule is CCN(Cc1cccc(F)c1)C(=O)CSc1nc(C)nc2sc3c(c12)CCC3. The fraction of sp³-hybridized carbons (Fsp3) is 0.381. The molecule has 7 heteroatoms. The molecule has 1 amide bonds. The molecule has 0 spiro atoms. The van der Waals surface area contributed by atoms with Crippen molar-refractivity contribution < 1.29 is 9.18 Å². The number of carbonyl (C=O) groups is 1. The highest BCUT2D eigenvalue weighted by molar-refractivity contribution is 8.00. The number of hydrogen-bond donors (Lipinski definition) is 0. The predicted molar refractivity (Wildman–Crippen MR) is 112 cm³/mol. The van der Waals surface area contributed by atoms with Crippen LogP contribution in [0.15, 0.2) is 29.3 Å². The van der Waals surface area contributed by atoms with E-state index in [4.69, 9.17) is 0 Å². The van der Waals surface area contributed by atoms with Crippen LogP contribution in [0.4, 0.5) is 4.39 Å². The van der Waals surface area contributed by atoms with Crippen molar-refractivity contribution in [2.75, 3.05) is 12.3 Å². The van der Waals surface area contributed by atoms with Crippen molar-refractivity contribution in [1.82, 2.24) is 14.9 Å². The maximum atomic E-state index is 13.4. The highest BCUT2D eigenvalue weighted by Gasteiger charge is 2.23. The minimum absolute atomic E-state index is 0.0352. The molecular formula is C21H22FN3OS2. The molecule has 3 aromatic rings. The van der Waals surface area contributed by atoms with Gasteiger partial charge in [0, 0.05) is 23.4 Å². The molecule has 1 aromatic carbocycles. The van der Waals surface area contributed by atoms with Crippen molar-refractivity contribution in [3.8, 4) is 0 Å². The zero-order valence-electron chi connectivity index (χ0n) is 16.0. The highest BCUT2D eigenvalue weighted by Crippen LogP contribution is 2.40. The van der Waals surface area contributed by atoms with Crippen molar-refractivity contribution >= 4 is 39.2 Å². The van der Waals surface area contributed by atoms with Crippen LogP contribution in [0.2, 0.25) is 0 Å². The molecule has 0 fully saturated rings. The fourth-order valence-electron chi connectivity index (χ4n) is 3.62. The van der Waals surface area contributed by atoms with Crippen molar-refractivity contribution in [3.63, 3.8) is 0 Å². The van der Waals surface area contributed by atoms with Gasteiger partial charge in [-0.1, -0.05) is 23.9 Å². The van der Waals surface area contributed by atoms with Crippen LogP contribution in [-0.2, 0) is 24.2 Å². The number of benzene rings is 1. The van der Waals surface area contributed by atoms with E-state index in [9.17, 15) is 9.18 Å². The number of rotatable bonds is 6. The van der Waals surface area contributed by atoms with Crippen LogP contribution < -0.4 is 0 Å².